The minimum Gasteiger partial charge on any atom is -0.482 e. The number of nitrogens with one attached hydrogen (secondary N) is 2. The highest BCUT2D eigenvalue weighted by Gasteiger charge is 2.17. The molecule has 1 amide bonds. The van der Waals surface area contributed by atoms with Crippen LogP contribution in [0.1, 0.15) is 29.0 Å². The van der Waals surface area contributed by atoms with Crippen LogP contribution < -0.4 is 15.4 Å². The van der Waals surface area contributed by atoms with Gasteiger partial charge < -0.3 is 15.4 Å². The lowest BCUT2D eigenvalue weighted by molar-refractivity contribution is -0.118. The van der Waals surface area contributed by atoms with E-state index in [4.69, 9.17) is 4.74 Å². The second-order valence-corrected chi connectivity index (χ2v) is 6.22. The van der Waals surface area contributed by atoms with Crippen molar-refractivity contribution >= 4 is 22.9 Å². The highest BCUT2D eigenvalue weighted by atomic mass is 32.1. The predicted octanol–water partition coefficient (Wildman–Crippen LogP) is 3.24. The van der Waals surface area contributed by atoms with E-state index in [1.807, 2.05) is 18.2 Å². The maximum atomic E-state index is 11.4. The number of carbonyl (C=O) groups excluding carboxylic acids is 1. The molecule has 2 aromatic rings. The molecule has 5 heteroatoms. The summed E-state index contributed by atoms with van der Waals surface area (Å²) in [6, 6.07) is 8.27. The molecule has 2 N–H and O–H groups in total. The van der Waals surface area contributed by atoms with Gasteiger partial charge in [0.25, 0.3) is 5.91 Å². The number of thiophene rings is 1. The fraction of sp³-hybridized carbons (Fsp3) is 0.312. The van der Waals surface area contributed by atoms with Crippen molar-refractivity contribution in [3.05, 3.63) is 45.6 Å². The number of anilines is 1. The maximum Gasteiger partial charge on any atom is 0.262 e. The molecule has 0 radical (unpaired) electrons. The van der Waals surface area contributed by atoms with Crippen molar-refractivity contribution in [3.63, 3.8) is 0 Å². The normalized spacial score (nSPS) is 15.0. The van der Waals surface area contributed by atoms with Crippen LogP contribution in [-0.4, -0.2) is 12.5 Å². The molecule has 1 aliphatic rings. The Bertz CT molecular complexity index is 666. The Labute approximate surface area is 128 Å². The summed E-state index contributed by atoms with van der Waals surface area (Å²) in [5.74, 6) is 0.633. The molecule has 0 aliphatic carbocycles. The zero-order chi connectivity index (χ0) is 14.8. The molecule has 1 aromatic heterocycles. The lowest BCUT2D eigenvalue weighted by Crippen LogP contribution is -2.26. The van der Waals surface area contributed by atoms with Crippen molar-refractivity contribution in [1.82, 2.24) is 5.32 Å². The van der Waals surface area contributed by atoms with Crippen LogP contribution in [0.3, 0.4) is 0 Å². The van der Waals surface area contributed by atoms with Crippen LogP contribution in [0.4, 0.5) is 5.69 Å². The fourth-order valence-electron chi connectivity index (χ4n) is 2.32. The Morgan fingerprint density at radius 3 is 3.05 bits per heavy atom. The molecule has 0 saturated heterocycles. The molecule has 0 saturated carbocycles. The van der Waals surface area contributed by atoms with Crippen LogP contribution in [0, 0.1) is 6.92 Å². The number of fused-ring (bicyclic) bond motifs is 1. The first kappa shape index (κ1) is 14.1. The van der Waals surface area contributed by atoms with Crippen LogP contribution in [0.15, 0.2) is 29.6 Å². The SMILES string of the molecule is Cc1ccsc1CN[C@H](C)c1ccc2c(c1)NC(=O)CO2. The predicted molar refractivity (Wildman–Crippen MR) is 84.9 cm³/mol. The quantitative estimate of drug-likeness (QED) is 0.911. The lowest BCUT2D eigenvalue weighted by Gasteiger charge is -2.21. The number of aryl methyl sites for hydroxylation is 1. The molecule has 0 spiro atoms. The van der Waals surface area contributed by atoms with Crippen molar-refractivity contribution < 1.29 is 9.53 Å². The summed E-state index contributed by atoms with van der Waals surface area (Å²) < 4.78 is 5.37. The molecule has 0 bridgehead atoms. The van der Waals surface area contributed by atoms with Gasteiger partial charge in [-0.05, 0) is 48.6 Å². The smallest absolute Gasteiger partial charge is 0.262 e. The third kappa shape index (κ3) is 3.09. The summed E-state index contributed by atoms with van der Waals surface area (Å²) in [5.41, 5.74) is 3.21. The number of benzene rings is 1. The van der Waals surface area contributed by atoms with Crippen LogP contribution in [0.2, 0.25) is 0 Å². The van der Waals surface area contributed by atoms with E-state index in [1.165, 1.54) is 10.4 Å². The van der Waals surface area contributed by atoms with Crippen molar-refractivity contribution in [2.75, 3.05) is 11.9 Å². The first-order chi connectivity index (χ1) is 10.1. The average Bonchev–Trinajstić information content (AvgIpc) is 2.89. The summed E-state index contributed by atoms with van der Waals surface area (Å²) in [5, 5.41) is 8.48. The third-order valence-electron chi connectivity index (χ3n) is 3.67. The number of amides is 1. The lowest BCUT2D eigenvalue weighted by atomic mass is 10.1. The van der Waals surface area contributed by atoms with Gasteiger partial charge in [-0.2, -0.15) is 0 Å². The first-order valence-corrected chi connectivity index (χ1v) is 7.84. The Morgan fingerprint density at radius 2 is 2.29 bits per heavy atom. The van der Waals surface area contributed by atoms with Gasteiger partial charge in [0.05, 0.1) is 5.69 Å². The van der Waals surface area contributed by atoms with Crippen molar-refractivity contribution in [2.24, 2.45) is 0 Å². The van der Waals surface area contributed by atoms with Gasteiger partial charge in [0, 0.05) is 17.5 Å². The Morgan fingerprint density at radius 1 is 1.43 bits per heavy atom. The summed E-state index contributed by atoms with van der Waals surface area (Å²) in [7, 11) is 0. The van der Waals surface area contributed by atoms with Crippen LogP contribution in [-0.2, 0) is 11.3 Å². The van der Waals surface area contributed by atoms with E-state index in [9.17, 15) is 4.79 Å². The summed E-state index contributed by atoms with van der Waals surface area (Å²) in [4.78, 5) is 12.7. The van der Waals surface area contributed by atoms with E-state index in [0.717, 1.165) is 23.5 Å². The summed E-state index contributed by atoms with van der Waals surface area (Å²) in [6.07, 6.45) is 0. The average molecular weight is 302 g/mol. The van der Waals surface area contributed by atoms with Gasteiger partial charge in [0.15, 0.2) is 6.61 Å². The van der Waals surface area contributed by atoms with Crippen molar-refractivity contribution in [2.45, 2.75) is 26.4 Å². The molecule has 0 unspecified atom stereocenters. The highest BCUT2D eigenvalue weighted by Crippen LogP contribution is 2.30. The Balaban J connectivity index is 1.70. The largest absolute Gasteiger partial charge is 0.482 e. The molecule has 3 rings (SSSR count). The Kier molecular flexibility index (Phi) is 3.94. The van der Waals surface area contributed by atoms with Gasteiger partial charge in [-0.3, -0.25) is 4.79 Å². The molecule has 0 fully saturated rings. The van der Waals surface area contributed by atoms with E-state index in [2.05, 4.69) is 35.9 Å². The number of hydrogen-bond acceptors (Lipinski definition) is 4. The first-order valence-electron chi connectivity index (χ1n) is 6.96. The van der Waals surface area contributed by atoms with E-state index < -0.39 is 0 Å². The molecule has 110 valence electrons. The molecule has 1 aromatic carbocycles. The Hall–Kier alpha value is -1.85. The molecule has 1 atom stereocenters. The maximum absolute atomic E-state index is 11.4. The second kappa shape index (κ2) is 5.87. The number of ether oxygens (including phenoxy) is 1. The minimum atomic E-state index is -0.102. The number of hydrogen-bond donors (Lipinski definition) is 2. The molecular formula is C16H18N2O2S. The van der Waals surface area contributed by atoms with Gasteiger partial charge >= 0.3 is 0 Å². The summed E-state index contributed by atoms with van der Waals surface area (Å²) >= 11 is 1.77. The minimum absolute atomic E-state index is 0.0950. The van der Waals surface area contributed by atoms with Gasteiger partial charge in [0.2, 0.25) is 0 Å². The zero-order valence-electron chi connectivity index (χ0n) is 12.1. The summed E-state index contributed by atoms with van der Waals surface area (Å²) in [6.45, 7) is 5.20. The van der Waals surface area contributed by atoms with Crippen molar-refractivity contribution in [1.29, 1.82) is 0 Å². The van der Waals surface area contributed by atoms with Crippen LogP contribution >= 0.6 is 11.3 Å². The monoisotopic (exact) mass is 302 g/mol. The molecule has 2 heterocycles. The topological polar surface area (TPSA) is 50.4 Å². The van der Waals surface area contributed by atoms with Crippen molar-refractivity contribution in [3.8, 4) is 5.75 Å². The van der Waals surface area contributed by atoms with Gasteiger partial charge in [-0.25, -0.2) is 0 Å². The molecule has 4 nitrogen and oxygen atoms in total. The van der Waals surface area contributed by atoms with Gasteiger partial charge in [-0.15, -0.1) is 11.3 Å². The molecule has 1 aliphatic heterocycles. The van der Waals surface area contributed by atoms with E-state index in [-0.39, 0.29) is 18.6 Å². The highest BCUT2D eigenvalue weighted by molar-refractivity contribution is 7.10. The van der Waals surface area contributed by atoms with Crippen LogP contribution in [0.25, 0.3) is 0 Å². The van der Waals surface area contributed by atoms with Gasteiger partial charge in [0.1, 0.15) is 5.75 Å². The molecule has 21 heavy (non-hydrogen) atoms. The van der Waals surface area contributed by atoms with E-state index in [0.29, 0.717) is 0 Å². The number of rotatable bonds is 4. The zero-order valence-corrected chi connectivity index (χ0v) is 12.9. The van der Waals surface area contributed by atoms with Crippen LogP contribution in [0.5, 0.6) is 5.75 Å². The van der Waals surface area contributed by atoms with Gasteiger partial charge in [-0.1, -0.05) is 6.07 Å². The third-order valence-corrected chi connectivity index (χ3v) is 4.70. The molecular weight excluding hydrogens is 284 g/mol. The number of carbonyl (C=O) groups is 1. The second-order valence-electron chi connectivity index (χ2n) is 5.22. The fourth-order valence-corrected chi connectivity index (χ4v) is 3.18. The van der Waals surface area contributed by atoms with E-state index in [1.54, 1.807) is 11.3 Å². The standard InChI is InChI=1S/C16H18N2O2S/c1-10-5-6-21-15(10)8-17-11(2)12-3-4-14-13(7-12)18-16(19)9-20-14/h3-7,11,17H,8-9H2,1-2H3,(H,18,19)/t11-/m1/s1. The van der Waals surface area contributed by atoms with E-state index >= 15 is 0 Å².